The number of halogens is 6. The molecule has 0 rings (SSSR count). The fraction of sp³-hybridized carbons (Fsp3) is 1.00. The van der Waals surface area contributed by atoms with Crippen LogP contribution in [-0.4, -0.2) is 25.7 Å². The van der Waals surface area contributed by atoms with Gasteiger partial charge in [-0.2, -0.15) is 0 Å². The highest BCUT2D eigenvalue weighted by Crippen LogP contribution is 2.50. The molecule has 0 radical (unpaired) electrons. The van der Waals surface area contributed by atoms with Gasteiger partial charge >= 0.3 is 0 Å². The fourth-order valence-corrected chi connectivity index (χ4v) is 1.34. The Morgan fingerprint density at radius 3 is 1.13 bits per heavy atom. The summed E-state index contributed by atoms with van der Waals surface area (Å²) >= 11 is 0. The third-order valence-corrected chi connectivity index (χ3v) is 2.51. The molecule has 0 aliphatic heterocycles. The molecule has 94 valence electrons. The Kier molecular flexibility index (Phi) is 6.35. The van der Waals surface area contributed by atoms with Crippen LogP contribution < -0.4 is 0 Å². The first kappa shape index (κ1) is 17.0. The molecule has 0 saturated heterocycles. The number of hydrogen-bond acceptors (Lipinski definition) is 0. The van der Waals surface area contributed by atoms with E-state index in [4.69, 9.17) is 0 Å². The van der Waals surface area contributed by atoms with Gasteiger partial charge in [-0.15, -0.1) is 0 Å². The van der Waals surface area contributed by atoms with Crippen LogP contribution in [0.2, 0.25) is 0 Å². The van der Waals surface area contributed by atoms with Gasteiger partial charge in [0.1, 0.15) is 12.1 Å². The Bertz CT molecular complexity index is 146. The monoisotopic (exact) mass is 238 g/mol. The minimum absolute atomic E-state index is 0.327. The summed E-state index contributed by atoms with van der Waals surface area (Å²) in [5.41, 5.74) is -2.88. The maximum absolute atomic E-state index is 12.8. The van der Waals surface area contributed by atoms with Gasteiger partial charge in [0.15, 0.2) is 0 Å². The van der Waals surface area contributed by atoms with Crippen LogP contribution in [0, 0.1) is 5.41 Å². The van der Waals surface area contributed by atoms with Crippen LogP contribution in [0.15, 0.2) is 0 Å². The molecule has 0 amide bonds. The normalized spacial score (nSPS) is 13.2. The highest BCUT2D eigenvalue weighted by atomic mass is 19.3. The molecule has 6 heteroatoms. The second kappa shape index (κ2) is 5.61. The van der Waals surface area contributed by atoms with E-state index in [9.17, 15) is 26.3 Å². The van der Waals surface area contributed by atoms with Gasteiger partial charge in [0.05, 0.1) is 7.18 Å². The van der Waals surface area contributed by atoms with Gasteiger partial charge in [-0.25, -0.2) is 17.6 Å². The van der Waals surface area contributed by atoms with Crippen molar-refractivity contribution in [3.63, 3.8) is 0 Å². The predicted octanol–water partition coefficient (Wildman–Crippen LogP) is 4.25. The van der Waals surface area contributed by atoms with E-state index in [-0.39, 0.29) is 0 Å². The van der Waals surface area contributed by atoms with E-state index in [1.807, 2.05) is 0 Å². The molecule has 15 heavy (non-hydrogen) atoms. The molecule has 0 nitrogen and oxygen atoms in total. The van der Waals surface area contributed by atoms with Crippen molar-refractivity contribution < 1.29 is 26.3 Å². The topological polar surface area (TPSA) is 0 Å². The molecule has 0 bridgehead atoms. The van der Waals surface area contributed by atoms with Crippen LogP contribution in [-0.2, 0) is 0 Å². The molecule has 0 aliphatic rings. The first-order valence-electron chi connectivity index (χ1n) is 4.32. The summed E-state index contributed by atoms with van der Waals surface area (Å²) in [4.78, 5) is 0. The van der Waals surface area contributed by atoms with Gasteiger partial charge in [0, 0.05) is 13.8 Å². The summed E-state index contributed by atoms with van der Waals surface area (Å²) in [7, 11) is 0.500. The van der Waals surface area contributed by atoms with Crippen molar-refractivity contribution >= 4 is 0 Å². The van der Waals surface area contributed by atoms with Crippen molar-refractivity contribution in [2.24, 2.45) is 5.41 Å². The van der Waals surface area contributed by atoms with Crippen molar-refractivity contribution in [1.29, 1.82) is 0 Å². The van der Waals surface area contributed by atoms with Gasteiger partial charge in [-0.05, 0) is 6.42 Å². The highest BCUT2D eigenvalue weighted by Gasteiger charge is 2.62. The van der Waals surface area contributed by atoms with Gasteiger partial charge in [0.25, 0.3) is 11.8 Å². The maximum Gasteiger partial charge on any atom is 0.259 e. The standard InChI is InChI=1S/C8H13F5.CH3F/c1-4-8(5-9,6(2,10)11)7(3,12)13;1-2/h4-5H2,1-3H3;1H3. The SMILES string of the molecule is CCC(CF)(C(C)(F)F)C(C)(F)F.CF. The molecule has 0 unspecified atom stereocenters. The van der Waals surface area contributed by atoms with E-state index in [1.165, 1.54) is 0 Å². The largest absolute Gasteiger partial charge is 0.259 e. The van der Waals surface area contributed by atoms with Crippen molar-refractivity contribution in [2.45, 2.75) is 39.0 Å². The minimum atomic E-state index is -3.73. The second-order valence-corrected chi connectivity index (χ2v) is 3.35. The Labute approximate surface area is 85.7 Å². The van der Waals surface area contributed by atoms with Crippen LogP contribution in [0.3, 0.4) is 0 Å². The Morgan fingerprint density at radius 1 is 0.867 bits per heavy atom. The quantitative estimate of drug-likeness (QED) is 0.642. The van der Waals surface area contributed by atoms with Crippen molar-refractivity contribution in [2.75, 3.05) is 13.9 Å². The number of hydrogen-bond donors (Lipinski definition) is 0. The molecule has 0 aromatic heterocycles. The average molecular weight is 238 g/mol. The van der Waals surface area contributed by atoms with Crippen molar-refractivity contribution in [1.82, 2.24) is 0 Å². The molecule has 0 atom stereocenters. The van der Waals surface area contributed by atoms with Gasteiger partial charge < -0.3 is 0 Å². The third kappa shape index (κ3) is 3.28. The molecular weight excluding hydrogens is 222 g/mol. The van der Waals surface area contributed by atoms with E-state index in [1.54, 1.807) is 0 Å². The molecule has 0 spiro atoms. The Hall–Kier alpha value is -0.420. The smallest absolute Gasteiger partial charge is 0.255 e. The highest BCUT2D eigenvalue weighted by molar-refractivity contribution is 4.97. The number of rotatable bonds is 4. The molecule has 0 N–H and O–H groups in total. The van der Waals surface area contributed by atoms with Gasteiger partial charge in [0.2, 0.25) is 0 Å². The Morgan fingerprint density at radius 2 is 1.13 bits per heavy atom. The van der Waals surface area contributed by atoms with Crippen LogP contribution >= 0.6 is 0 Å². The summed E-state index contributed by atoms with van der Waals surface area (Å²) in [6.45, 7) is 0.0614. The van der Waals surface area contributed by atoms with E-state index in [0.29, 0.717) is 21.0 Å². The average Bonchev–Trinajstić information content (AvgIpc) is 2.05. The lowest BCUT2D eigenvalue weighted by atomic mass is 9.75. The predicted molar refractivity (Wildman–Crippen MR) is 47.0 cm³/mol. The second-order valence-electron chi connectivity index (χ2n) is 3.35. The van der Waals surface area contributed by atoms with Crippen LogP contribution in [0.4, 0.5) is 26.3 Å². The lowest BCUT2D eigenvalue weighted by Gasteiger charge is -2.39. The molecule has 0 fully saturated rings. The maximum atomic E-state index is 12.8. The summed E-state index contributed by atoms with van der Waals surface area (Å²) in [5, 5.41) is 0. The zero-order valence-electron chi connectivity index (χ0n) is 9.18. The summed E-state index contributed by atoms with van der Waals surface area (Å²) in [6.07, 6.45) is -0.601. The molecule has 0 heterocycles. The Balaban J connectivity index is 0. The van der Waals surface area contributed by atoms with Gasteiger partial charge in [-0.3, -0.25) is 8.78 Å². The first-order valence-corrected chi connectivity index (χ1v) is 4.32. The van der Waals surface area contributed by atoms with E-state index in [0.717, 1.165) is 6.92 Å². The van der Waals surface area contributed by atoms with Crippen LogP contribution in [0.1, 0.15) is 27.2 Å². The zero-order chi connectivity index (χ0) is 12.9. The van der Waals surface area contributed by atoms with E-state index >= 15 is 0 Å². The van der Waals surface area contributed by atoms with Crippen molar-refractivity contribution in [3.8, 4) is 0 Å². The number of alkyl halides is 6. The summed E-state index contributed by atoms with van der Waals surface area (Å²) in [6, 6.07) is 0. The summed E-state index contributed by atoms with van der Waals surface area (Å²) < 4.78 is 73.1. The van der Waals surface area contributed by atoms with Crippen LogP contribution in [0.25, 0.3) is 0 Å². The minimum Gasteiger partial charge on any atom is -0.255 e. The fourth-order valence-electron chi connectivity index (χ4n) is 1.34. The molecule has 0 saturated carbocycles. The van der Waals surface area contributed by atoms with Crippen LogP contribution in [0.5, 0.6) is 0 Å². The molecule has 0 aromatic carbocycles. The molecule has 0 aromatic rings. The lowest BCUT2D eigenvalue weighted by molar-refractivity contribution is -0.233. The molecule has 0 aliphatic carbocycles. The third-order valence-electron chi connectivity index (χ3n) is 2.51. The molecular formula is C9H16F6. The van der Waals surface area contributed by atoms with E-state index in [2.05, 4.69) is 0 Å². The lowest BCUT2D eigenvalue weighted by Crippen LogP contribution is -2.52. The van der Waals surface area contributed by atoms with E-state index < -0.39 is 30.4 Å². The van der Waals surface area contributed by atoms with Gasteiger partial charge in [-0.1, -0.05) is 6.92 Å². The summed E-state index contributed by atoms with van der Waals surface area (Å²) in [5.74, 6) is -7.45. The zero-order valence-corrected chi connectivity index (χ0v) is 9.18. The first-order chi connectivity index (χ1) is 6.62. The van der Waals surface area contributed by atoms with Crippen molar-refractivity contribution in [3.05, 3.63) is 0 Å².